The van der Waals surface area contributed by atoms with Gasteiger partial charge < -0.3 is 16.2 Å². The number of nitrogen functional groups attached to an aromatic ring is 2. The van der Waals surface area contributed by atoms with Gasteiger partial charge in [-0.3, -0.25) is 0 Å². The van der Waals surface area contributed by atoms with E-state index in [0.29, 0.717) is 17.1 Å². The molecule has 0 amide bonds. The quantitative estimate of drug-likeness (QED) is 0.755. The molecule has 0 saturated carbocycles. The van der Waals surface area contributed by atoms with Crippen molar-refractivity contribution in [2.45, 2.75) is 6.92 Å². The van der Waals surface area contributed by atoms with Crippen LogP contribution in [0.25, 0.3) is 0 Å². The summed E-state index contributed by atoms with van der Waals surface area (Å²) in [5.74, 6) is 1.43. The smallest absolute Gasteiger partial charge is 0.150 e. The molecule has 0 fully saturated rings. The van der Waals surface area contributed by atoms with Gasteiger partial charge >= 0.3 is 0 Å². The molecule has 0 heterocycles. The Morgan fingerprint density at radius 2 is 1.69 bits per heavy atom. The maximum atomic E-state index is 5.81. The Morgan fingerprint density at radius 3 is 2.38 bits per heavy atom. The van der Waals surface area contributed by atoms with E-state index >= 15 is 0 Å². The topological polar surface area (TPSA) is 61.3 Å². The number of ether oxygens (including phenoxy) is 1. The minimum Gasteiger partial charge on any atom is -0.455 e. The fourth-order valence-corrected chi connectivity index (χ4v) is 1.45. The standard InChI is InChI=1S/C13H14N2O/c1-9-4-2-3-5-12(9)16-13-7-6-10(14)8-11(13)15/h2-8H,14-15H2,1H3. The Morgan fingerprint density at radius 1 is 0.938 bits per heavy atom. The minimum atomic E-state index is 0.545. The number of anilines is 2. The van der Waals surface area contributed by atoms with Crippen molar-refractivity contribution in [1.29, 1.82) is 0 Å². The number of para-hydroxylation sites is 1. The summed E-state index contributed by atoms with van der Waals surface area (Å²) in [4.78, 5) is 0. The van der Waals surface area contributed by atoms with Crippen LogP contribution in [0.15, 0.2) is 42.5 Å². The Balaban J connectivity index is 2.31. The Bertz CT molecular complexity index is 509. The molecule has 0 aliphatic heterocycles. The highest BCUT2D eigenvalue weighted by atomic mass is 16.5. The molecule has 4 N–H and O–H groups in total. The first-order valence-corrected chi connectivity index (χ1v) is 5.05. The number of hydrogen-bond donors (Lipinski definition) is 2. The molecule has 0 unspecified atom stereocenters. The average molecular weight is 214 g/mol. The van der Waals surface area contributed by atoms with E-state index in [1.165, 1.54) is 0 Å². The van der Waals surface area contributed by atoms with E-state index in [1.807, 2.05) is 31.2 Å². The maximum Gasteiger partial charge on any atom is 0.150 e. The summed E-state index contributed by atoms with van der Waals surface area (Å²) in [6.45, 7) is 1.99. The van der Waals surface area contributed by atoms with Crippen LogP contribution in [0.2, 0.25) is 0 Å². The molecule has 0 aliphatic carbocycles. The Labute approximate surface area is 94.6 Å². The molecular weight excluding hydrogens is 200 g/mol. The van der Waals surface area contributed by atoms with E-state index in [4.69, 9.17) is 16.2 Å². The van der Waals surface area contributed by atoms with Crippen LogP contribution in [0.5, 0.6) is 11.5 Å². The summed E-state index contributed by atoms with van der Waals surface area (Å²) in [5, 5.41) is 0. The van der Waals surface area contributed by atoms with E-state index in [9.17, 15) is 0 Å². The number of rotatable bonds is 2. The predicted molar refractivity (Wildman–Crippen MR) is 66.5 cm³/mol. The zero-order valence-electron chi connectivity index (χ0n) is 9.10. The third kappa shape index (κ3) is 2.08. The third-order valence-electron chi connectivity index (χ3n) is 2.35. The number of nitrogens with two attached hydrogens (primary N) is 2. The van der Waals surface area contributed by atoms with Crippen LogP contribution < -0.4 is 16.2 Å². The van der Waals surface area contributed by atoms with Crippen LogP contribution in [-0.2, 0) is 0 Å². The highest BCUT2D eigenvalue weighted by Gasteiger charge is 2.04. The zero-order chi connectivity index (χ0) is 11.5. The molecule has 2 aromatic rings. The first kappa shape index (κ1) is 10.4. The van der Waals surface area contributed by atoms with E-state index in [-0.39, 0.29) is 0 Å². The summed E-state index contributed by atoms with van der Waals surface area (Å²) in [5.41, 5.74) is 13.7. The lowest BCUT2D eigenvalue weighted by atomic mass is 10.2. The normalized spacial score (nSPS) is 10.1. The second-order valence-corrected chi connectivity index (χ2v) is 3.66. The van der Waals surface area contributed by atoms with Gasteiger partial charge in [0.05, 0.1) is 5.69 Å². The van der Waals surface area contributed by atoms with E-state index < -0.39 is 0 Å². The van der Waals surface area contributed by atoms with Gasteiger partial charge in [-0.15, -0.1) is 0 Å². The second-order valence-electron chi connectivity index (χ2n) is 3.66. The molecule has 3 heteroatoms. The average Bonchev–Trinajstić information content (AvgIpc) is 2.25. The molecule has 2 rings (SSSR count). The zero-order valence-corrected chi connectivity index (χ0v) is 9.10. The van der Waals surface area contributed by atoms with Crippen molar-refractivity contribution in [1.82, 2.24) is 0 Å². The first-order valence-electron chi connectivity index (χ1n) is 5.05. The molecule has 2 aromatic carbocycles. The van der Waals surface area contributed by atoms with E-state index in [1.54, 1.807) is 18.2 Å². The van der Waals surface area contributed by atoms with Crippen LogP contribution in [0.3, 0.4) is 0 Å². The van der Waals surface area contributed by atoms with Crippen molar-refractivity contribution >= 4 is 11.4 Å². The highest BCUT2D eigenvalue weighted by molar-refractivity contribution is 5.61. The molecule has 0 aromatic heterocycles. The maximum absolute atomic E-state index is 5.81. The molecule has 3 nitrogen and oxygen atoms in total. The summed E-state index contributed by atoms with van der Waals surface area (Å²) in [6, 6.07) is 13.0. The van der Waals surface area contributed by atoms with E-state index in [0.717, 1.165) is 11.3 Å². The lowest BCUT2D eigenvalue weighted by Crippen LogP contribution is -1.95. The largest absolute Gasteiger partial charge is 0.455 e. The summed E-state index contributed by atoms with van der Waals surface area (Å²) in [7, 11) is 0. The van der Waals surface area contributed by atoms with Gasteiger partial charge in [0.25, 0.3) is 0 Å². The van der Waals surface area contributed by atoms with Crippen LogP contribution in [0.1, 0.15) is 5.56 Å². The minimum absolute atomic E-state index is 0.545. The number of hydrogen-bond acceptors (Lipinski definition) is 3. The van der Waals surface area contributed by atoms with Gasteiger partial charge in [-0.05, 0) is 36.8 Å². The van der Waals surface area contributed by atoms with Crippen molar-refractivity contribution in [2.75, 3.05) is 11.5 Å². The molecular formula is C13H14N2O. The van der Waals surface area contributed by atoms with Gasteiger partial charge in [0.15, 0.2) is 0 Å². The summed E-state index contributed by atoms with van der Waals surface area (Å²) in [6.07, 6.45) is 0. The third-order valence-corrected chi connectivity index (χ3v) is 2.35. The van der Waals surface area contributed by atoms with Crippen LogP contribution in [0, 0.1) is 6.92 Å². The fraction of sp³-hybridized carbons (Fsp3) is 0.0769. The molecule has 0 aliphatic rings. The van der Waals surface area contributed by atoms with Crippen LogP contribution >= 0.6 is 0 Å². The van der Waals surface area contributed by atoms with E-state index in [2.05, 4.69) is 0 Å². The molecule has 0 spiro atoms. The molecule has 0 bridgehead atoms. The first-order chi connectivity index (χ1) is 7.66. The summed E-state index contributed by atoms with van der Waals surface area (Å²) >= 11 is 0. The number of aryl methyl sites for hydroxylation is 1. The Hall–Kier alpha value is -2.16. The molecule has 16 heavy (non-hydrogen) atoms. The summed E-state index contributed by atoms with van der Waals surface area (Å²) < 4.78 is 5.71. The van der Waals surface area contributed by atoms with Crippen molar-refractivity contribution in [3.63, 3.8) is 0 Å². The van der Waals surface area contributed by atoms with Crippen molar-refractivity contribution in [3.05, 3.63) is 48.0 Å². The monoisotopic (exact) mass is 214 g/mol. The van der Waals surface area contributed by atoms with Gasteiger partial charge in [-0.2, -0.15) is 0 Å². The van der Waals surface area contributed by atoms with Gasteiger partial charge in [0.1, 0.15) is 11.5 Å². The van der Waals surface area contributed by atoms with Crippen LogP contribution in [-0.4, -0.2) is 0 Å². The second kappa shape index (κ2) is 4.14. The van der Waals surface area contributed by atoms with Crippen molar-refractivity contribution in [2.24, 2.45) is 0 Å². The molecule has 0 atom stereocenters. The van der Waals surface area contributed by atoms with Gasteiger partial charge in [0, 0.05) is 5.69 Å². The predicted octanol–water partition coefficient (Wildman–Crippen LogP) is 2.95. The highest BCUT2D eigenvalue weighted by Crippen LogP contribution is 2.30. The SMILES string of the molecule is Cc1ccccc1Oc1ccc(N)cc1N. The lowest BCUT2D eigenvalue weighted by Gasteiger charge is -2.10. The fourth-order valence-electron chi connectivity index (χ4n) is 1.45. The van der Waals surface area contributed by atoms with Crippen LogP contribution in [0.4, 0.5) is 11.4 Å². The molecule has 82 valence electrons. The molecule has 0 radical (unpaired) electrons. The molecule has 0 saturated heterocycles. The van der Waals surface area contributed by atoms with Gasteiger partial charge in [-0.25, -0.2) is 0 Å². The van der Waals surface area contributed by atoms with Crippen molar-refractivity contribution in [3.8, 4) is 11.5 Å². The van der Waals surface area contributed by atoms with Crippen molar-refractivity contribution < 1.29 is 4.74 Å². The van der Waals surface area contributed by atoms with Gasteiger partial charge in [0.2, 0.25) is 0 Å². The Kier molecular flexibility index (Phi) is 2.68. The number of benzene rings is 2. The lowest BCUT2D eigenvalue weighted by molar-refractivity contribution is 0.481. The van der Waals surface area contributed by atoms with Gasteiger partial charge in [-0.1, -0.05) is 18.2 Å².